The first-order valence-electron chi connectivity index (χ1n) is 8.09. The van der Waals surface area contributed by atoms with E-state index < -0.39 is 0 Å². The monoisotopic (exact) mass is 413 g/mol. The van der Waals surface area contributed by atoms with E-state index in [1.54, 1.807) is 17.6 Å². The highest BCUT2D eigenvalue weighted by atomic mass is 79.9. The number of halogens is 1. The Hall–Kier alpha value is -2.05. The van der Waals surface area contributed by atoms with Gasteiger partial charge in [0.05, 0.1) is 17.3 Å². The lowest BCUT2D eigenvalue weighted by Crippen LogP contribution is -2.18. The third kappa shape index (κ3) is 3.50. The number of benzene rings is 1. The Balaban J connectivity index is 1.66. The summed E-state index contributed by atoms with van der Waals surface area (Å²) in [5.74, 6) is 0.273. The van der Waals surface area contributed by atoms with Crippen molar-refractivity contribution in [2.24, 2.45) is 5.10 Å². The third-order valence-electron chi connectivity index (χ3n) is 4.28. The summed E-state index contributed by atoms with van der Waals surface area (Å²) in [6.45, 7) is 2.02. The van der Waals surface area contributed by atoms with Gasteiger partial charge in [0.25, 0.3) is 5.91 Å². The smallest absolute Gasteiger partial charge is 0.267 e. The maximum absolute atomic E-state index is 12.7. The fraction of sp³-hybridized carbons (Fsp3) is 0.211. The van der Waals surface area contributed by atoms with Crippen LogP contribution in [-0.2, 0) is 0 Å². The van der Waals surface area contributed by atoms with E-state index in [-0.39, 0.29) is 5.91 Å². The zero-order valence-corrected chi connectivity index (χ0v) is 16.0. The molecule has 0 saturated heterocycles. The van der Waals surface area contributed by atoms with Crippen molar-refractivity contribution in [1.82, 2.24) is 10.4 Å². The molecule has 1 aliphatic carbocycles. The van der Waals surface area contributed by atoms with Crippen LogP contribution in [0.25, 0.3) is 10.9 Å². The number of carbonyl (C=O) groups excluding carboxylic acids is 1. The highest BCUT2D eigenvalue weighted by Gasteiger charge is 2.27. The quantitative estimate of drug-likeness (QED) is 0.482. The van der Waals surface area contributed by atoms with Crippen LogP contribution in [-0.4, -0.2) is 17.1 Å². The Labute approximate surface area is 158 Å². The molecular weight excluding hydrogens is 398 g/mol. The summed E-state index contributed by atoms with van der Waals surface area (Å²) in [5, 5.41) is 6.96. The summed E-state index contributed by atoms with van der Waals surface area (Å²) >= 11 is 5.07. The molecule has 1 amide bonds. The molecule has 6 heteroatoms. The minimum atomic E-state index is -0.210. The first-order chi connectivity index (χ1) is 12.1. The van der Waals surface area contributed by atoms with E-state index in [1.165, 1.54) is 0 Å². The van der Waals surface area contributed by atoms with Crippen LogP contribution in [0.5, 0.6) is 0 Å². The van der Waals surface area contributed by atoms with Gasteiger partial charge in [-0.05, 0) is 61.0 Å². The normalized spacial score (nSPS) is 14.3. The summed E-state index contributed by atoms with van der Waals surface area (Å²) in [6.07, 6.45) is 3.98. The molecule has 1 saturated carbocycles. The number of thiophene rings is 1. The molecule has 4 rings (SSSR count). The first kappa shape index (κ1) is 16.4. The number of hydrogen-bond donors (Lipinski definition) is 1. The molecule has 0 atom stereocenters. The minimum absolute atomic E-state index is 0.210. The molecule has 2 aromatic heterocycles. The standard InChI is InChI=1S/C19H16BrN3OS/c1-11-6-7-25-18(11)10-21-23-19(24)15-9-17(12-2-3-12)22-16-5-4-13(20)8-14(15)16/h4-10,12H,2-3H2,1H3,(H,23,24)/b21-10+. The molecule has 4 nitrogen and oxygen atoms in total. The lowest BCUT2D eigenvalue weighted by Gasteiger charge is -2.08. The number of amides is 1. The lowest BCUT2D eigenvalue weighted by molar-refractivity contribution is 0.0956. The van der Waals surface area contributed by atoms with Crippen molar-refractivity contribution in [3.63, 3.8) is 0 Å². The van der Waals surface area contributed by atoms with E-state index in [1.807, 2.05) is 42.6 Å². The summed E-state index contributed by atoms with van der Waals surface area (Å²) in [6, 6.07) is 9.77. The average molecular weight is 414 g/mol. The second-order valence-corrected chi connectivity index (χ2v) is 8.06. The van der Waals surface area contributed by atoms with Gasteiger partial charge in [-0.3, -0.25) is 9.78 Å². The molecule has 1 N–H and O–H groups in total. The number of hydrazone groups is 1. The van der Waals surface area contributed by atoms with Gasteiger partial charge in [-0.25, -0.2) is 5.43 Å². The minimum Gasteiger partial charge on any atom is -0.267 e. The summed E-state index contributed by atoms with van der Waals surface area (Å²) in [5.41, 5.74) is 6.27. The second kappa shape index (κ2) is 6.69. The zero-order chi connectivity index (χ0) is 17.4. The number of carbonyl (C=O) groups is 1. The molecule has 0 unspecified atom stereocenters. The SMILES string of the molecule is Cc1ccsc1/C=N/NC(=O)c1cc(C2CC2)nc2ccc(Br)cc12. The van der Waals surface area contributed by atoms with Gasteiger partial charge >= 0.3 is 0 Å². The molecule has 1 aliphatic rings. The Kier molecular flexibility index (Phi) is 4.39. The summed E-state index contributed by atoms with van der Waals surface area (Å²) < 4.78 is 0.924. The van der Waals surface area contributed by atoms with Gasteiger partial charge in [0.15, 0.2) is 0 Å². The molecule has 1 aromatic carbocycles. The molecule has 0 radical (unpaired) electrons. The summed E-state index contributed by atoms with van der Waals surface area (Å²) in [7, 11) is 0. The lowest BCUT2D eigenvalue weighted by atomic mass is 10.1. The average Bonchev–Trinajstić information content (AvgIpc) is 3.37. The number of hydrogen-bond acceptors (Lipinski definition) is 4. The molecule has 3 aromatic rings. The molecule has 25 heavy (non-hydrogen) atoms. The third-order valence-corrected chi connectivity index (χ3v) is 5.73. The van der Waals surface area contributed by atoms with Crippen molar-refractivity contribution in [1.29, 1.82) is 0 Å². The van der Waals surface area contributed by atoms with Crippen molar-refractivity contribution in [2.45, 2.75) is 25.7 Å². The van der Waals surface area contributed by atoms with E-state index >= 15 is 0 Å². The molecule has 1 fully saturated rings. The molecule has 126 valence electrons. The van der Waals surface area contributed by atoms with Crippen molar-refractivity contribution < 1.29 is 4.79 Å². The number of nitrogens with one attached hydrogen (secondary N) is 1. The van der Waals surface area contributed by atoms with Gasteiger partial charge in [0.1, 0.15) is 0 Å². The largest absolute Gasteiger partial charge is 0.272 e. The fourth-order valence-corrected chi connectivity index (χ4v) is 3.87. The van der Waals surface area contributed by atoms with Crippen LogP contribution in [0, 0.1) is 6.92 Å². The van der Waals surface area contributed by atoms with Crippen LogP contribution in [0.2, 0.25) is 0 Å². The molecular formula is C19H16BrN3OS. The van der Waals surface area contributed by atoms with Crippen molar-refractivity contribution >= 4 is 50.3 Å². The zero-order valence-electron chi connectivity index (χ0n) is 13.6. The highest BCUT2D eigenvalue weighted by molar-refractivity contribution is 9.10. The van der Waals surface area contributed by atoms with Crippen molar-refractivity contribution in [2.75, 3.05) is 0 Å². The van der Waals surface area contributed by atoms with Gasteiger partial charge in [-0.15, -0.1) is 11.3 Å². The predicted molar refractivity (Wildman–Crippen MR) is 106 cm³/mol. The fourth-order valence-electron chi connectivity index (χ4n) is 2.72. The number of aromatic nitrogens is 1. The van der Waals surface area contributed by atoms with Crippen molar-refractivity contribution in [3.8, 4) is 0 Å². The highest BCUT2D eigenvalue weighted by Crippen LogP contribution is 2.40. The van der Waals surface area contributed by atoms with Gasteiger partial charge in [0, 0.05) is 26.3 Å². The number of rotatable bonds is 4. The molecule has 0 aliphatic heterocycles. The first-order valence-corrected chi connectivity index (χ1v) is 9.77. The van der Waals surface area contributed by atoms with Gasteiger partial charge < -0.3 is 0 Å². The van der Waals surface area contributed by atoms with E-state index in [0.29, 0.717) is 11.5 Å². The van der Waals surface area contributed by atoms with Crippen molar-refractivity contribution in [3.05, 3.63) is 61.9 Å². The molecule has 0 bridgehead atoms. The number of nitrogens with zero attached hydrogens (tertiary/aromatic N) is 2. The number of fused-ring (bicyclic) bond motifs is 1. The van der Waals surface area contributed by atoms with E-state index in [4.69, 9.17) is 4.98 Å². The molecule has 2 heterocycles. The summed E-state index contributed by atoms with van der Waals surface area (Å²) in [4.78, 5) is 18.5. The topological polar surface area (TPSA) is 54.4 Å². The van der Waals surface area contributed by atoms with E-state index in [2.05, 4.69) is 26.5 Å². The number of pyridine rings is 1. The number of aryl methyl sites for hydroxylation is 1. The van der Waals surface area contributed by atoms with Gasteiger partial charge in [-0.1, -0.05) is 15.9 Å². The van der Waals surface area contributed by atoms with E-state index in [0.717, 1.165) is 44.4 Å². The van der Waals surface area contributed by atoms with Crippen LogP contribution >= 0.6 is 27.3 Å². The Morgan fingerprint density at radius 3 is 2.92 bits per heavy atom. The Bertz CT molecular complexity index is 991. The van der Waals surface area contributed by atoms with Gasteiger partial charge in [0.2, 0.25) is 0 Å². The van der Waals surface area contributed by atoms with E-state index in [9.17, 15) is 4.79 Å². The predicted octanol–water partition coefficient (Wildman–Crippen LogP) is 5.01. The second-order valence-electron chi connectivity index (χ2n) is 6.20. The Morgan fingerprint density at radius 1 is 1.36 bits per heavy atom. The maximum atomic E-state index is 12.7. The van der Waals surface area contributed by atoms with Crippen LogP contribution in [0.4, 0.5) is 0 Å². The van der Waals surface area contributed by atoms with Crippen LogP contribution < -0.4 is 5.43 Å². The van der Waals surface area contributed by atoms with Crippen LogP contribution in [0.3, 0.4) is 0 Å². The molecule has 0 spiro atoms. The van der Waals surface area contributed by atoms with Crippen LogP contribution in [0.1, 0.15) is 45.3 Å². The Morgan fingerprint density at radius 2 is 2.20 bits per heavy atom. The van der Waals surface area contributed by atoms with Crippen LogP contribution in [0.15, 0.2) is 45.3 Å². The van der Waals surface area contributed by atoms with Gasteiger partial charge in [-0.2, -0.15) is 5.10 Å². The maximum Gasteiger partial charge on any atom is 0.272 e.